The maximum atomic E-state index is 13.3. The standard InChI is InChI=1S/C16H19F2N5O2/c17-16(18)2-6-21(7-3-16)15(24)13-11-22(9-10-25-13)14-12-1-4-20-23(12)8-5-19-14/h1,4-5,8,13H,2-3,6-7,9-11H2. The van der Waals surface area contributed by atoms with Gasteiger partial charge in [0.2, 0.25) is 0 Å². The molecule has 1 unspecified atom stereocenters. The Morgan fingerprint density at radius 2 is 2.04 bits per heavy atom. The second-order valence-electron chi connectivity index (χ2n) is 6.40. The lowest BCUT2D eigenvalue weighted by atomic mass is 10.1. The van der Waals surface area contributed by atoms with E-state index >= 15 is 0 Å². The molecule has 2 aliphatic heterocycles. The quantitative estimate of drug-likeness (QED) is 0.813. The van der Waals surface area contributed by atoms with E-state index in [9.17, 15) is 13.6 Å². The maximum Gasteiger partial charge on any atom is 0.253 e. The predicted molar refractivity (Wildman–Crippen MR) is 85.7 cm³/mol. The number of anilines is 1. The number of fused-ring (bicyclic) bond motifs is 1. The Bertz CT molecular complexity index is 771. The van der Waals surface area contributed by atoms with Crippen molar-refractivity contribution < 1.29 is 18.3 Å². The van der Waals surface area contributed by atoms with Gasteiger partial charge < -0.3 is 14.5 Å². The van der Waals surface area contributed by atoms with Gasteiger partial charge in [-0.05, 0) is 6.07 Å². The zero-order chi connectivity index (χ0) is 17.4. The SMILES string of the molecule is O=C(C1CN(c2nccn3nccc23)CCO1)N1CCC(F)(F)CC1. The average molecular weight is 351 g/mol. The van der Waals surface area contributed by atoms with E-state index in [-0.39, 0.29) is 31.8 Å². The Labute approximate surface area is 143 Å². The molecule has 0 spiro atoms. The van der Waals surface area contributed by atoms with E-state index in [1.807, 2.05) is 11.0 Å². The summed E-state index contributed by atoms with van der Waals surface area (Å²) in [7, 11) is 0. The van der Waals surface area contributed by atoms with Gasteiger partial charge in [0.05, 0.1) is 19.3 Å². The van der Waals surface area contributed by atoms with Gasteiger partial charge in [0.15, 0.2) is 11.9 Å². The Hall–Kier alpha value is -2.29. The first-order chi connectivity index (χ1) is 12.0. The summed E-state index contributed by atoms with van der Waals surface area (Å²) in [6.07, 6.45) is 3.88. The lowest BCUT2D eigenvalue weighted by Crippen LogP contribution is -2.53. The average Bonchev–Trinajstić information content (AvgIpc) is 3.10. The van der Waals surface area contributed by atoms with Crippen LogP contribution in [0, 0.1) is 0 Å². The Balaban J connectivity index is 1.48. The fourth-order valence-corrected chi connectivity index (χ4v) is 3.34. The van der Waals surface area contributed by atoms with Crippen molar-refractivity contribution in [2.75, 3.05) is 37.7 Å². The lowest BCUT2D eigenvalue weighted by Gasteiger charge is -2.38. The van der Waals surface area contributed by atoms with E-state index in [1.165, 1.54) is 4.90 Å². The summed E-state index contributed by atoms with van der Waals surface area (Å²) < 4.78 is 33.9. The molecule has 2 aliphatic rings. The summed E-state index contributed by atoms with van der Waals surface area (Å²) >= 11 is 0. The molecule has 25 heavy (non-hydrogen) atoms. The predicted octanol–water partition coefficient (Wildman–Crippen LogP) is 1.19. The van der Waals surface area contributed by atoms with E-state index in [1.54, 1.807) is 23.1 Å². The molecular weight excluding hydrogens is 332 g/mol. The maximum absolute atomic E-state index is 13.3. The zero-order valence-electron chi connectivity index (χ0n) is 13.6. The number of hydrogen-bond donors (Lipinski definition) is 0. The van der Waals surface area contributed by atoms with Crippen LogP contribution in [0.25, 0.3) is 5.52 Å². The minimum atomic E-state index is -2.67. The van der Waals surface area contributed by atoms with Gasteiger partial charge in [-0.15, -0.1) is 0 Å². The van der Waals surface area contributed by atoms with Crippen molar-refractivity contribution in [3.05, 3.63) is 24.7 Å². The lowest BCUT2D eigenvalue weighted by molar-refractivity contribution is -0.150. The molecule has 1 atom stereocenters. The molecule has 4 rings (SSSR count). The number of amides is 1. The topological polar surface area (TPSA) is 63.0 Å². The summed E-state index contributed by atoms with van der Waals surface area (Å²) in [6.45, 7) is 1.49. The van der Waals surface area contributed by atoms with Crippen LogP contribution in [0.15, 0.2) is 24.7 Å². The highest BCUT2D eigenvalue weighted by molar-refractivity contribution is 5.82. The summed E-state index contributed by atoms with van der Waals surface area (Å²) in [5.74, 6) is -2.15. The van der Waals surface area contributed by atoms with E-state index in [0.717, 1.165) is 11.3 Å². The number of hydrogen-bond acceptors (Lipinski definition) is 5. The minimum Gasteiger partial charge on any atom is -0.365 e. The number of ether oxygens (including phenoxy) is 1. The van der Waals surface area contributed by atoms with Crippen LogP contribution in [0.3, 0.4) is 0 Å². The van der Waals surface area contributed by atoms with Crippen molar-refractivity contribution in [1.29, 1.82) is 0 Å². The highest BCUT2D eigenvalue weighted by atomic mass is 19.3. The first-order valence-corrected chi connectivity index (χ1v) is 8.35. The second kappa shape index (κ2) is 6.21. The number of halogens is 2. The molecule has 2 saturated heterocycles. The van der Waals surface area contributed by atoms with Gasteiger partial charge in [-0.25, -0.2) is 18.3 Å². The fraction of sp³-hybridized carbons (Fsp3) is 0.562. The molecule has 0 aliphatic carbocycles. The highest BCUT2D eigenvalue weighted by Crippen LogP contribution is 2.28. The molecule has 2 aromatic heterocycles. The third-order valence-electron chi connectivity index (χ3n) is 4.75. The monoisotopic (exact) mass is 351 g/mol. The molecule has 2 fully saturated rings. The molecule has 7 nitrogen and oxygen atoms in total. The summed E-state index contributed by atoms with van der Waals surface area (Å²) in [4.78, 5) is 20.5. The number of carbonyl (C=O) groups is 1. The number of nitrogens with zero attached hydrogens (tertiary/aromatic N) is 5. The van der Waals surface area contributed by atoms with Gasteiger partial charge in [0.1, 0.15) is 5.52 Å². The third kappa shape index (κ3) is 3.15. The van der Waals surface area contributed by atoms with Crippen LogP contribution in [0.1, 0.15) is 12.8 Å². The molecule has 0 aromatic carbocycles. The van der Waals surface area contributed by atoms with Crippen molar-refractivity contribution in [1.82, 2.24) is 19.5 Å². The van der Waals surface area contributed by atoms with Crippen molar-refractivity contribution in [3.63, 3.8) is 0 Å². The number of alkyl halides is 2. The number of rotatable bonds is 2. The summed E-state index contributed by atoms with van der Waals surface area (Å²) in [5.41, 5.74) is 0.855. The number of piperidine rings is 1. The van der Waals surface area contributed by atoms with Gasteiger partial charge in [-0.3, -0.25) is 4.79 Å². The third-order valence-corrected chi connectivity index (χ3v) is 4.75. The van der Waals surface area contributed by atoms with Crippen LogP contribution in [0.2, 0.25) is 0 Å². The molecule has 134 valence electrons. The van der Waals surface area contributed by atoms with Crippen LogP contribution in [0.4, 0.5) is 14.6 Å². The first-order valence-electron chi connectivity index (χ1n) is 8.35. The summed E-state index contributed by atoms with van der Waals surface area (Å²) in [5, 5.41) is 4.19. The Morgan fingerprint density at radius 1 is 1.24 bits per heavy atom. The van der Waals surface area contributed by atoms with Crippen LogP contribution < -0.4 is 4.90 Å². The van der Waals surface area contributed by atoms with Gasteiger partial charge >= 0.3 is 0 Å². The largest absolute Gasteiger partial charge is 0.365 e. The summed E-state index contributed by atoms with van der Waals surface area (Å²) in [6, 6.07) is 1.86. The molecule has 2 aromatic rings. The van der Waals surface area contributed by atoms with Crippen LogP contribution in [-0.2, 0) is 9.53 Å². The van der Waals surface area contributed by atoms with E-state index in [2.05, 4.69) is 10.1 Å². The first kappa shape index (κ1) is 16.2. The Kier molecular flexibility index (Phi) is 4.03. The second-order valence-corrected chi connectivity index (χ2v) is 6.40. The zero-order valence-corrected chi connectivity index (χ0v) is 13.6. The van der Waals surface area contributed by atoms with E-state index in [4.69, 9.17) is 4.74 Å². The normalized spacial score (nSPS) is 23.8. The van der Waals surface area contributed by atoms with Crippen LogP contribution >= 0.6 is 0 Å². The minimum absolute atomic E-state index is 0.0716. The highest BCUT2D eigenvalue weighted by Gasteiger charge is 2.38. The molecule has 0 N–H and O–H groups in total. The van der Waals surface area contributed by atoms with Crippen LogP contribution in [0.5, 0.6) is 0 Å². The number of aromatic nitrogens is 3. The van der Waals surface area contributed by atoms with Gasteiger partial charge in [-0.2, -0.15) is 5.10 Å². The number of likely N-dealkylation sites (tertiary alicyclic amines) is 1. The fourth-order valence-electron chi connectivity index (χ4n) is 3.34. The number of morpholine rings is 1. The van der Waals surface area contributed by atoms with Gasteiger partial charge in [-0.1, -0.05) is 0 Å². The molecule has 0 bridgehead atoms. The molecule has 0 radical (unpaired) electrons. The van der Waals surface area contributed by atoms with Crippen molar-refractivity contribution in [2.24, 2.45) is 0 Å². The molecule has 4 heterocycles. The van der Waals surface area contributed by atoms with Gasteiger partial charge in [0, 0.05) is 44.9 Å². The van der Waals surface area contributed by atoms with Crippen molar-refractivity contribution in [3.8, 4) is 0 Å². The van der Waals surface area contributed by atoms with Crippen molar-refractivity contribution in [2.45, 2.75) is 24.9 Å². The Morgan fingerprint density at radius 3 is 2.84 bits per heavy atom. The molecule has 9 heteroatoms. The van der Waals surface area contributed by atoms with E-state index < -0.39 is 12.0 Å². The molecule has 0 saturated carbocycles. The number of carbonyl (C=O) groups excluding carboxylic acids is 1. The smallest absolute Gasteiger partial charge is 0.253 e. The van der Waals surface area contributed by atoms with Gasteiger partial charge in [0.25, 0.3) is 11.8 Å². The molecular formula is C16H19F2N5O2. The van der Waals surface area contributed by atoms with Crippen LogP contribution in [-0.4, -0.2) is 70.2 Å². The van der Waals surface area contributed by atoms with Crippen molar-refractivity contribution >= 4 is 17.2 Å². The molecule has 1 amide bonds. The van der Waals surface area contributed by atoms with E-state index in [0.29, 0.717) is 19.7 Å².